The fourth-order valence-corrected chi connectivity index (χ4v) is 4.90. The first-order valence-electron chi connectivity index (χ1n) is 9.45. The summed E-state index contributed by atoms with van der Waals surface area (Å²) in [6, 6.07) is 13.3. The number of carbonyl (C=O) groups excluding carboxylic acids is 2. The molecule has 0 radical (unpaired) electrons. The molecular weight excluding hydrogens is 338 g/mol. The molecular formula is C23H21NO3. The first kappa shape index (κ1) is 16.3. The number of benzene rings is 2. The average molecular weight is 359 g/mol. The number of hydrogen-bond acceptors (Lipinski definition) is 3. The normalized spacial score (nSPS) is 28.1. The number of amides is 2. The van der Waals surface area contributed by atoms with E-state index in [2.05, 4.69) is 12.2 Å². The Morgan fingerprint density at radius 1 is 0.852 bits per heavy atom. The smallest absolute Gasteiger partial charge is 0.238 e. The molecule has 4 unspecified atom stereocenters. The highest BCUT2D eigenvalue weighted by atomic mass is 16.5. The summed E-state index contributed by atoms with van der Waals surface area (Å²) in [5.74, 6) is 1.56. The zero-order valence-electron chi connectivity index (χ0n) is 15.4. The first-order valence-corrected chi connectivity index (χ1v) is 9.45. The molecule has 1 saturated carbocycles. The predicted octanol–water partition coefficient (Wildman–Crippen LogP) is 4.41. The number of aryl methyl sites for hydroxylation is 2. The van der Waals surface area contributed by atoms with Crippen molar-refractivity contribution in [2.24, 2.45) is 23.7 Å². The van der Waals surface area contributed by atoms with Crippen LogP contribution >= 0.6 is 0 Å². The van der Waals surface area contributed by atoms with Crippen LogP contribution in [0, 0.1) is 37.5 Å². The predicted molar refractivity (Wildman–Crippen MR) is 103 cm³/mol. The van der Waals surface area contributed by atoms with Crippen LogP contribution in [0.2, 0.25) is 0 Å². The number of carbonyl (C=O) groups is 2. The van der Waals surface area contributed by atoms with Crippen molar-refractivity contribution in [1.29, 1.82) is 0 Å². The van der Waals surface area contributed by atoms with Gasteiger partial charge in [-0.25, -0.2) is 0 Å². The Balaban J connectivity index is 1.40. The van der Waals surface area contributed by atoms with E-state index < -0.39 is 0 Å². The third-order valence-corrected chi connectivity index (χ3v) is 6.19. The summed E-state index contributed by atoms with van der Waals surface area (Å²) in [5, 5.41) is 0. The quantitative estimate of drug-likeness (QED) is 0.602. The molecule has 0 N–H and O–H groups in total. The zero-order valence-corrected chi connectivity index (χ0v) is 15.4. The van der Waals surface area contributed by atoms with Gasteiger partial charge in [-0.15, -0.1) is 0 Å². The number of allylic oxidation sites excluding steroid dienone is 2. The zero-order chi connectivity index (χ0) is 18.7. The van der Waals surface area contributed by atoms with Crippen LogP contribution in [0.5, 0.6) is 11.5 Å². The molecule has 1 aliphatic heterocycles. The topological polar surface area (TPSA) is 46.6 Å². The van der Waals surface area contributed by atoms with E-state index in [1.54, 1.807) is 12.1 Å². The number of rotatable bonds is 3. The highest BCUT2D eigenvalue weighted by molar-refractivity contribution is 6.22. The van der Waals surface area contributed by atoms with Crippen molar-refractivity contribution in [1.82, 2.24) is 0 Å². The van der Waals surface area contributed by atoms with Crippen molar-refractivity contribution >= 4 is 17.5 Å². The van der Waals surface area contributed by atoms with Crippen LogP contribution in [0.4, 0.5) is 5.69 Å². The standard InChI is InChI=1S/C23H21NO3/c1-13-4-3-5-14(2)21(13)27-18-10-8-17(9-11-18)24-22(25)19-15-6-7-16(12-15)20(19)23(24)26/h3-11,15-16,19-20H,12H2,1-2H3. The molecule has 1 saturated heterocycles. The molecule has 2 bridgehead atoms. The minimum atomic E-state index is -0.168. The molecule has 2 fully saturated rings. The van der Waals surface area contributed by atoms with Gasteiger partial charge in [-0.3, -0.25) is 14.5 Å². The van der Waals surface area contributed by atoms with E-state index in [9.17, 15) is 9.59 Å². The van der Waals surface area contributed by atoms with Crippen molar-refractivity contribution in [2.45, 2.75) is 20.3 Å². The molecule has 2 aromatic rings. The van der Waals surface area contributed by atoms with E-state index in [1.807, 2.05) is 44.2 Å². The fraction of sp³-hybridized carbons (Fsp3) is 0.304. The van der Waals surface area contributed by atoms with Gasteiger partial charge in [0.1, 0.15) is 11.5 Å². The van der Waals surface area contributed by atoms with Gasteiger partial charge < -0.3 is 4.74 Å². The van der Waals surface area contributed by atoms with Crippen molar-refractivity contribution < 1.29 is 14.3 Å². The molecule has 5 rings (SSSR count). The lowest BCUT2D eigenvalue weighted by Gasteiger charge is -2.18. The van der Waals surface area contributed by atoms with Gasteiger partial charge in [0.15, 0.2) is 0 Å². The van der Waals surface area contributed by atoms with Crippen LogP contribution < -0.4 is 9.64 Å². The summed E-state index contributed by atoms with van der Waals surface area (Å²) in [5.41, 5.74) is 2.77. The highest BCUT2D eigenvalue weighted by Crippen LogP contribution is 2.53. The van der Waals surface area contributed by atoms with E-state index in [0.29, 0.717) is 11.4 Å². The molecule has 2 amide bonds. The summed E-state index contributed by atoms with van der Waals surface area (Å²) in [7, 11) is 0. The van der Waals surface area contributed by atoms with Crippen molar-refractivity contribution in [3.8, 4) is 11.5 Å². The van der Waals surface area contributed by atoms with Crippen molar-refractivity contribution in [3.05, 3.63) is 65.7 Å². The summed E-state index contributed by atoms with van der Waals surface area (Å²) in [6.45, 7) is 4.03. The monoisotopic (exact) mass is 359 g/mol. The first-order chi connectivity index (χ1) is 13.0. The van der Waals surface area contributed by atoms with Gasteiger partial charge in [-0.2, -0.15) is 0 Å². The Kier molecular flexibility index (Phi) is 3.51. The number of hydrogen-bond donors (Lipinski definition) is 0. The van der Waals surface area contributed by atoms with Gasteiger partial charge in [0.2, 0.25) is 11.8 Å². The van der Waals surface area contributed by atoms with Gasteiger partial charge in [0, 0.05) is 0 Å². The maximum atomic E-state index is 12.9. The maximum Gasteiger partial charge on any atom is 0.238 e. The third-order valence-electron chi connectivity index (χ3n) is 6.19. The van der Waals surface area contributed by atoms with E-state index in [4.69, 9.17) is 4.74 Å². The Hall–Kier alpha value is -2.88. The molecule has 4 nitrogen and oxygen atoms in total. The lowest BCUT2D eigenvalue weighted by Crippen LogP contribution is -2.32. The lowest BCUT2D eigenvalue weighted by molar-refractivity contribution is -0.123. The van der Waals surface area contributed by atoms with Crippen LogP contribution in [0.15, 0.2) is 54.6 Å². The molecule has 136 valence electrons. The van der Waals surface area contributed by atoms with Gasteiger partial charge in [0.05, 0.1) is 17.5 Å². The van der Waals surface area contributed by atoms with Crippen LogP contribution in [0.1, 0.15) is 17.5 Å². The summed E-state index contributed by atoms with van der Waals surface area (Å²) in [4.78, 5) is 27.2. The molecule has 2 aliphatic carbocycles. The average Bonchev–Trinajstić information content (AvgIpc) is 3.33. The SMILES string of the molecule is Cc1cccc(C)c1Oc1ccc(N2C(=O)C3C4C=CC(C4)C3C2=O)cc1. The lowest BCUT2D eigenvalue weighted by atomic mass is 9.85. The Bertz CT molecular complexity index is 925. The van der Waals surface area contributed by atoms with Crippen molar-refractivity contribution in [2.75, 3.05) is 4.90 Å². The second-order valence-corrected chi connectivity index (χ2v) is 7.83. The van der Waals surface area contributed by atoms with Gasteiger partial charge in [-0.05, 0) is 67.5 Å². The van der Waals surface area contributed by atoms with Gasteiger partial charge >= 0.3 is 0 Å². The minimum absolute atomic E-state index is 0.0507. The Labute approximate surface area is 158 Å². The van der Waals surface area contributed by atoms with Crippen molar-refractivity contribution in [3.63, 3.8) is 0 Å². The summed E-state index contributed by atoms with van der Waals surface area (Å²) < 4.78 is 6.03. The fourth-order valence-electron chi connectivity index (χ4n) is 4.90. The van der Waals surface area contributed by atoms with Gasteiger partial charge in [-0.1, -0.05) is 30.4 Å². The van der Waals surface area contributed by atoms with Gasteiger partial charge in [0.25, 0.3) is 0 Å². The third kappa shape index (κ3) is 2.36. The number of imide groups is 1. The summed E-state index contributed by atoms with van der Waals surface area (Å²) in [6.07, 6.45) is 5.17. The highest BCUT2D eigenvalue weighted by Gasteiger charge is 2.59. The minimum Gasteiger partial charge on any atom is -0.457 e. The summed E-state index contributed by atoms with van der Waals surface area (Å²) >= 11 is 0. The number of para-hydroxylation sites is 1. The van der Waals surface area contributed by atoms with Crippen LogP contribution in [0.3, 0.4) is 0 Å². The molecule has 4 heteroatoms. The molecule has 27 heavy (non-hydrogen) atoms. The number of nitrogens with zero attached hydrogens (tertiary/aromatic N) is 1. The second kappa shape index (κ2) is 5.81. The number of ether oxygens (including phenoxy) is 1. The van der Waals surface area contributed by atoms with Crippen LogP contribution in [0.25, 0.3) is 0 Å². The number of anilines is 1. The Morgan fingerprint density at radius 2 is 1.41 bits per heavy atom. The molecule has 2 aromatic carbocycles. The molecule has 4 atom stereocenters. The molecule has 0 aromatic heterocycles. The van der Waals surface area contributed by atoms with E-state index >= 15 is 0 Å². The largest absolute Gasteiger partial charge is 0.457 e. The number of fused-ring (bicyclic) bond motifs is 5. The maximum absolute atomic E-state index is 12.9. The van der Waals surface area contributed by atoms with Crippen LogP contribution in [-0.4, -0.2) is 11.8 Å². The molecule has 1 heterocycles. The van der Waals surface area contributed by atoms with E-state index in [1.165, 1.54) is 4.90 Å². The second-order valence-electron chi connectivity index (χ2n) is 7.83. The molecule has 3 aliphatic rings. The van der Waals surface area contributed by atoms with E-state index in [0.717, 1.165) is 23.3 Å². The van der Waals surface area contributed by atoms with E-state index in [-0.39, 0.29) is 35.5 Å². The Morgan fingerprint density at radius 3 is 1.96 bits per heavy atom. The molecule has 0 spiro atoms. The van der Waals surface area contributed by atoms with Crippen LogP contribution in [-0.2, 0) is 9.59 Å².